The Morgan fingerprint density at radius 2 is 2.17 bits per heavy atom. The summed E-state index contributed by atoms with van der Waals surface area (Å²) in [7, 11) is 0. The van der Waals surface area contributed by atoms with Gasteiger partial charge in [0.25, 0.3) is 0 Å². The number of hydrogen-bond acceptors (Lipinski definition) is 3. The van der Waals surface area contributed by atoms with Crippen molar-refractivity contribution in [2.24, 2.45) is 0 Å². The molecule has 4 heteroatoms. The van der Waals surface area contributed by atoms with Crippen LogP contribution in [0.1, 0.15) is 17.3 Å². The van der Waals surface area contributed by atoms with E-state index in [1.807, 2.05) is 22.6 Å². The predicted molar refractivity (Wildman–Crippen MR) is 55.2 cm³/mol. The molecule has 0 atom stereocenters. The van der Waals surface area contributed by atoms with Gasteiger partial charge in [0, 0.05) is 17.3 Å². The van der Waals surface area contributed by atoms with Crippen molar-refractivity contribution in [3.05, 3.63) is 21.3 Å². The van der Waals surface area contributed by atoms with Crippen LogP contribution in [0.2, 0.25) is 0 Å². The first-order valence-electron chi connectivity index (χ1n) is 3.31. The van der Waals surface area contributed by atoms with Gasteiger partial charge in [-0.2, -0.15) is 0 Å². The van der Waals surface area contributed by atoms with Crippen molar-refractivity contribution in [3.63, 3.8) is 0 Å². The number of ketones is 1. The van der Waals surface area contributed by atoms with Crippen molar-refractivity contribution in [1.29, 1.82) is 0 Å². The Morgan fingerprint density at radius 1 is 1.58 bits per heavy atom. The van der Waals surface area contributed by atoms with Crippen LogP contribution < -0.4 is 5.73 Å². The number of phenolic OH excluding ortho intramolecular Hbond substituents is 1. The second-order valence-corrected chi connectivity index (χ2v) is 3.54. The fraction of sp³-hybridized carbons (Fsp3) is 0.125. The number of anilines is 1. The highest BCUT2D eigenvalue weighted by molar-refractivity contribution is 14.1. The molecule has 0 spiro atoms. The summed E-state index contributed by atoms with van der Waals surface area (Å²) in [4.78, 5) is 11.0. The molecular formula is C8H8INO2. The van der Waals surface area contributed by atoms with Crippen LogP contribution in [0, 0.1) is 3.57 Å². The lowest BCUT2D eigenvalue weighted by atomic mass is 10.1. The summed E-state index contributed by atoms with van der Waals surface area (Å²) in [5.41, 5.74) is 6.32. The van der Waals surface area contributed by atoms with Gasteiger partial charge in [0.1, 0.15) is 5.75 Å². The SMILES string of the molecule is CC(=O)c1cc(N)cc(O)c1I. The minimum atomic E-state index is -0.0954. The van der Waals surface area contributed by atoms with Gasteiger partial charge in [-0.05, 0) is 35.6 Å². The van der Waals surface area contributed by atoms with Crippen molar-refractivity contribution >= 4 is 34.1 Å². The topological polar surface area (TPSA) is 63.3 Å². The molecule has 1 rings (SSSR count). The standard InChI is InChI=1S/C8H8INO2/c1-4(11)6-2-5(10)3-7(12)8(6)9/h2-3,12H,10H2,1H3. The van der Waals surface area contributed by atoms with Crippen molar-refractivity contribution in [2.45, 2.75) is 6.92 Å². The molecule has 0 aromatic heterocycles. The molecule has 0 saturated heterocycles. The van der Waals surface area contributed by atoms with E-state index >= 15 is 0 Å². The molecule has 0 aliphatic carbocycles. The first-order valence-corrected chi connectivity index (χ1v) is 4.39. The van der Waals surface area contributed by atoms with Gasteiger partial charge in [-0.25, -0.2) is 0 Å². The van der Waals surface area contributed by atoms with E-state index in [0.717, 1.165) is 0 Å². The Kier molecular flexibility index (Phi) is 2.56. The van der Waals surface area contributed by atoms with Gasteiger partial charge in [-0.1, -0.05) is 0 Å². The second-order valence-electron chi connectivity index (χ2n) is 2.46. The predicted octanol–water partition coefficient (Wildman–Crippen LogP) is 1.78. The zero-order chi connectivity index (χ0) is 9.30. The third-order valence-electron chi connectivity index (χ3n) is 1.46. The molecule has 0 amide bonds. The summed E-state index contributed by atoms with van der Waals surface area (Å²) in [6.07, 6.45) is 0. The molecule has 0 heterocycles. The van der Waals surface area contributed by atoms with Gasteiger partial charge in [0.2, 0.25) is 0 Å². The zero-order valence-corrected chi connectivity index (χ0v) is 8.62. The van der Waals surface area contributed by atoms with Crippen LogP contribution in [-0.2, 0) is 0 Å². The summed E-state index contributed by atoms with van der Waals surface area (Å²) in [5.74, 6) is -0.0391. The van der Waals surface area contributed by atoms with E-state index in [9.17, 15) is 9.90 Å². The molecule has 0 aliphatic heterocycles. The first-order chi connectivity index (χ1) is 5.52. The summed E-state index contributed by atoms with van der Waals surface area (Å²) in [6.45, 7) is 1.44. The number of nitrogens with two attached hydrogens (primary N) is 1. The Balaban J connectivity index is 3.37. The largest absolute Gasteiger partial charge is 0.507 e. The molecule has 0 fully saturated rings. The summed E-state index contributed by atoms with van der Waals surface area (Å²) < 4.78 is 0.550. The van der Waals surface area contributed by atoms with Crippen LogP contribution in [0.3, 0.4) is 0 Å². The number of carbonyl (C=O) groups excluding carboxylic acids is 1. The van der Waals surface area contributed by atoms with Gasteiger partial charge in [-0.3, -0.25) is 4.79 Å². The number of halogens is 1. The maximum Gasteiger partial charge on any atom is 0.161 e. The van der Waals surface area contributed by atoms with Gasteiger partial charge in [-0.15, -0.1) is 0 Å². The average Bonchev–Trinajstić information content (AvgIpc) is 1.96. The van der Waals surface area contributed by atoms with Crippen LogP contribution in [0.5, 0.6) is 5.75 Å². The molecule has 0 aliphatic rings. The quantitative estimate of drug-likeness (QED) is 0.467. The highest BCUT2D eigenvalue weighted by Crippen LogP contribution is 2.26. The Hall–Kier alpha value is -0.780. The molecular weight excluding hydrogens is 269 g/mol. The van der Waals surface area contributed by atoms with E-state index in [0.29, 0.717) is 14.8 Å². The van der Waals surface area contributed by atoms with Gasteiger partial charge in [0.15, 0.2) is 5.78 Å². The van der Waals surface area contributed by atoms with Crippen LogP contribution in [0.15, 0.2) is 12.1 Å². The van der Waals surface area contributed by atoms with Crippen molar-refractivity contribution in [3.8, 4) is 5.75 Å². The third kappa shape index (κ3) is 1.69. The monoisotopic (exact) mass is 277 g/mol. The van der Waals surface area contributed by atoms with Crippen molar-refractivity contribution < 1.29 is 9.90 Å². The minimum absolute atomic E-state index is 0.0563. The number of benzene rings is 1. The molecule has 1 aromatic rings. The van der Waals surface area contributed by atoms with E-state index < -0.39 is 0 Å². The molecule has 3 N–H and O–H groups in total. The highest BCUT2D eigenvalue weighted by Gasteiger charge is 2.09. The third-order valence-corrected chi connectivity index (χ3v) is 2.59. The number of nitrogen functional groups attached to an aromatic ring is 1. The van der Waals surface area contributed by atoms with Crippen LogP contribution in [-0.4, -0.2) is 10.9 Å². The fourth-order valence-corrected chi connectivity index (χ4v) is 1.58. The van der Waals surface area contributed by atoms with Crippen LogP contribution in [0.4, 0.5) is 5.69 Å². The lowest BCUT2D eigenvalue weighted by Gasteiger charge is -2.03. The maximum absolute atomic E-state index is 11.0. The molecule has 3 nitrogen and oxygen atoms in total. The van der Waals surface area contributed by atoms with E-state index in [2.05, 4.69) is 0 Å². The van der Waals surface area contributed by atoms with Gasteiger partial charge < -0.3 is 10.8 Å². The number of carbonyl (C=O) groups is 1. The van der Waals surface area contributed by atoms with E-state index in [1.54, 1.807) is 6.07 Å². The molecule has 64 valence electrons. The summed E-state index contributed by atoms with van der Waals surface area (Å²) in [6, 6.07) is 2.98. The van der Waals surface area contributed by atoms with Gasteiger partial charge in [0.05, 0.1) is 3.57 Å². The van der Waals surface area contributed by atoms with E-state index in [1.165, 1.54) is 13.0 Å². The summed E-state index contributed by atoms with van der Waals surface area (Å²) >= 11 is 1.91. The average molecular weight is 277 g/mol. The molecule has 0 saturated carbocycles. The Labute approximate surface area is 83.7 Å². The van der Waals surface area contributed by atoms with Crippen LogP contribution >= 0.6 is 22.6 Å². The van der Waals surface area contributed by atoms with E-state index in [-0.39, 0.29) is 11.5 Å². The number of rotatable bonds is 1. The smallest absolute Gasteiger partial charge is 0.161 e. The molecule has 12 heavy (non-hydrogen) atoms. The number of phenols is 1. The molecule has 0 radical (unpaired) electrons. The zero-order valence-electron chi connectivity index (χ0n) is 6.47. The number of hydrogen-bond donors (Lipinski definition) is 2. The molecule has 0 bridgehead atoms. The molecule has 1 aromatic carbocycles. The summed E-state index contributed by atoms with van der Waals surface area (Å²) in [5, 5.41) is 9.29. The van der Waals surface area contributed by atoms with Crippen molar-refractivity contribution in [2.75, 3.05) is 5.73 Å². The van der Waals surface area contributed by atoms with Gasteiger partial charge >= 0.3 is 0 Å². The Bertz CT molecular complexity index is 336. The molecule has 0 unspecified atom stereocenters. The highest BCUT2D eigenvalue weighted by atomic mass is 127. The van der Waals surface area contributed by atoms with E-state index in [4.69, 9.17) is 5.73 Å². The second kappa shape index (κ2) is 3.30. The Morgan fingerprint density at radius 3 is 2.67 bits per heavy atom. The maximum atomic E-state index is 11.0. The van der Waals surface area contributed by atoms with Crippen LogP contribution in [0.25, 0.3) is 0 Å². The minimum Gasteiger partial charge on any atom is -0.507 e. The lowest BCUT2D eigenvalue weighted by Crippen LogP contribution is -1.98. The normalized spacial score (nSPS) is 9.83. The van der Waals surface area contributed by atoms with Crippen molar-refractivity contribution in [1.82, 2.24) is 0 Å². The fourth-order valence-electron chi connectivity index (χ4n) is 0.887. The number of aromatic hydroxyl groups is 1. The lowest BCUT2D eigenvalue weighted by molar-refractivity contribution is 0.101. The number of Topliss-reactive ketones (excluding diaryl/α,β-unsaturated/α-hetero) is 1. The first kappa shape index (κ1) is 9.31.